The minimum atomic E-state index is -4.30. The van der Waals surface area contributed by atoms with Crippen LogP contribution in [0.2, 0.25) is 0 Å². The van der Waals surface area contributed by atoms with E-state index in [1.165, 1.54) is 4.57 Å². The van der Waals surface area contributed by atoms with Gasteiger partial charge in [0.1, 0.15) is 0 Å². The highest BCUT2D eigenvalue weighted by atomic mass is 32.2. The van der Waals surface area contributed by atoms with E-state index in [1.54, 1.807) is 19.3 Å². The molecule has 1 aromatic rings. The Morgan fingerprint density at radius 3 is 2.06 bits per heavy atom. The highest BCUT2D eigenvalue weighted by Crippen LogP contribution is 2.21. The van der Waals surface area contributed by atoms with Gasteiger partial charge in [-0.2, -0.15) is 4.57 Å². The van der Waals surface area contributed by atoms with Crippen LogP contribution < -0.4 is 4.57 Å². The fourth-order valence-corrected chi connectivity index (χ4v) is 2.54. The van der Waals surface area contributed by atoms with Crippen molar-refractivity contribution in [2.75, 3.05) is 0 Å². The van der Waals surface area contributed by atoms with Crippen molar-refractivity contribution in [1.82, 2.24) is 0 Å². The third-order valence-corrected chi connectivity index (χ3v) is 3.98. The quantitative estimate of drug-likeness (QED) is 0.612. The fourth-order valence-electron chi connectivity index (χ4n) is 1.69. The third kappa shape index (κ3) is 3.51. The minimum absolute atomic E-state index is 0.0111. The molecule has 1 atom stereocenters. The first kappa shape index (κ1) is 14.1. The van der Waals surface area contributed by atoms with Crippen molar-refractivity contribution in [3.63, 3.8) is 0 Å². The van der Waals surface area contributed by atoms with E-state index in [4.69, 9.17) is 0 Å². The van der Waals surface area contributed by atoms with Crippen LogP contribution in [-0.2, 0) is 15.5 Å². The maximum absolute atomic E-state index is 11.1. The van der Waals surface area contributed by atoms with Gasteiger partial charge in [0.15, 0.2) is 22.5 Å². The molecule has 0 aliphatic carbocycles. The largest absolute Gasteiger partial charge is 0.743 e. The SMILES string of the molecule is CCC([n+]1ccc(C(C)(C)C)cc1)S(=O)(=O)[O-]. The Labute approximate surface area is 103 Å². The first-order valence-corrected chi connectivity index (χ1v) is 7.09. The van der Waals surface area contributed by atoms with E-state index in [1.807, 2.05) is 12.1 Å². The highest BCUT2D eigenvalue weighted by Gasteiger charge is 2.24. The Kier molecular flexibility index (Phi) is 3.94. The van der Waals surface area contributed by atoms with Crippen molar-refractivity contribution >= 4 is 10.1 Å². The molecule has 0 radical (unpaired) electrons. The number of aromatic nitrogens is 1. The summed E-state index contributed by atoms with van der Waals surface area (Å²) >= 11 is 0. The second kappa shape index (κ2) is 4.74. The van der Waals surface area contributed by atoms with Gasteiger partial charge in [-0.1, -0.05) is 27.7 Å². The van der Waals surface area contributed by atoms with E-state index in [0.29, 0.717) is 0 Å². The molecule has 0 amide bonds. The van der Waals surface area contributed by atoms with E-state index in [9.17, 15) is 13.0 Å². The summed E-state index contributed by atoms with van der Waals surface area (Å²) in [6.07, 6.45) is 3.58. The zero-order valence-corrected chi connectivity index (χ0v) is 11.5. The molecule has 1 rings (SSSR count). The van der Waals surface area contributed by atoms with Gasteiger partial charge in [-0.05, 0) is 11.0 Å². The van der Waals surface area contributed by atoms with Crippen LogP contribution in [0.25, 0.3) is 0 Å². The van der Waals surface area contributed by atoms with Crippen LogP contribution in [0.3, 0.4) is 0 Å². The molecule has 1 aromatic heterocycles. The molecule has 0 aromatic carbocycles. The maximum Gasteiger partial charge on any atom is 0.245 e. The van der Waals surface area contributed by atoms with Gasteiger partial charge in [0.05, 0.1) is 0 Å². The molecule has 0 aliphatic rings. The van der Waals surface area contributed by atoms with E-state index >= 15 is 0 Å². The molecule has 0 fully saturated rings. The predicted octanol–water partition coefficient (Wildman–Crippen LogP) is 1.73. The molecule has 1 unspecified atom stereocenters. The van der Waals surface area contributed by atoms with Gasteiger partial charge in [0.25, 0.3) is 0 Å². The molecule has 0 saturated carbocycles. The molecule has 17 heavy (non-hydrogen) atoms. The summed E-state index contributed by atoms with van der Waals surface area (Å²) < 4.78 is 34.7. The maximum atomic E-state index is 11.1. The summed E-state index contributed by atoms with van der Waals surface area (Å²) in [6.45, 7) is 7.92. The van der Waals surface area contributed by atoms with Crippen LogP contribution >= 0.6 is 0 Å². The third-order valence-electron chi connectivity index (χ3n) is 2.73. The van der Waals surface area contributed by atoms with E-state index in [2.05, 4.69) is 20.8 Å². The van der Waals surface area contributed by atoms with Gasteiger partial charge in [-0.3, -0.25) is 0 Å². The second-order valence-corrected chi connectivity index (χ2v) is 6.67. The van der Waals surface area contributed by atoms with Crippen molar-refractivity contribution in [2.45, 2.75) is 44.9 Å². The van der Waals surface area contributed by atoms with E-state index < -0.39 is 15.5 Å². The highest BCUT2D eigenvalue weighted by molar-refractivity contribution is 7.85. The number of pyridine rings is 1. The van der Waals surface area contributed by atoms with Crippen molar-refractivity contribution in [3.05, 3.63) is 30.1 Å². The van der Waals surface area contributed by atoms with Crippen LogP contribution in [0.5, 0.6) is 0 Å². The van der Waals surface area contributed by atoms with Crippen LogP contribution in [0, 0.1) is 0 Å². The van der Waals surface area contributed by atoms with E-state index in [0.717, 1.165) is 5.56 Å². The second-order valence-electron chi connectivity index (χ2n) is 5.14. The monoisotopic (exact) mass is 257 g/mol. The zero-order chi connectivity index (χ0) is 13.3. The smallest absolute Gasteiger partial charge is 0.245 e. The molecular weight excluding hydrogens is 238 g/mol. The standard InChI is InChI=1S/C12H19NO3S/c1-5-11(17(14,15)16)13-8-6-10(7-9-13)12(2,3)4/h6-9,11H,5H2,1-4H3. The van der Waals surface area contributed by atoms with Crippen LogP contribution in [0.15, 0.2) is 24.5 Å². The summed E-state index contributed by atoms with van der Waals surface area (Å²) in [5.41, 5.74) is 1.11. The van der Waals surface area contributed by atoms with Crippen LogP contribution in [0.1, 0.15) is 45.1 Å². The Balaban J connectivity index is 3.10. The number of rotatable bonds is 3. The van der Waals surface area contributed by atoms with Gasteiger partial charge < -0.3 is 4.55 Å². The molecule has 5 heteroatoms. The van der Waals surface area contributed by atoms with Crippen molar-refractivity contribution in [2.24, 2.45) is 0 Å². The summed E-state index contributed by atoms with van der Waals surface area (Å²) in [5.74, 6) is 0. The van der Waals surface area contributed by atoms with Gasteiger partial charge in [-0.15, -0.1) is 0 Å². The average molecular weight is 257 g/mol. The zero-order valence-electron chi connectivity index (χ0n) is 10.7. The first-order chi connectivity index (χ1) is 7.66. The minimum Gasteiger partial charge on any atom is -0.743 e. The molecule has 96 valence electrons. The Hall–Kier alpha value is -0.940. The first-order valence-electron chi connectivity index (χ1n) is 5.62. The summed E-state index contributed by atoms with van der Waals surface area (Å²) in [4.78, 5) is 0. The Morgan fingerprint density at radius 2 is 1.76 bits per heavy atom. The molecule has 0 N–H and O–H groups in total. The molecule has 0 aliphatic heterocycles. The summed E-state index contributed by atoms with van der Waals surface area (Å²) in [5, 5.41) is -1.02. The lowest BCUT2D eigenvalue weighted by atomic mass is 9.88. The van der Waals surface area contributed by atoms with Gasteiger partial charge in [-0.25, -0.2) is 8.42 Å². The van der Waals surface area contributed by atoms with Gasteiger partial charge in [0.2, 0.25) is 5.37 Å². The normalized spacial score (nSPS) is 14.6. The molecule has 1 heterocycles. The van der Waals surface area contributed by atoms with Crippen LogP contribution in [0.4, 0.5) is 0 Å². The lowest BCUT2D eigenvalue weighted by molar-refractivity contribution is -0.702. The van der Waals surface area contributed by atoms with Gasteiger partial charge >= 0.3 is 0 Å². The Bertz CT molecular complexity index is 471. The molecule has 0 saturated heterocycles. The molecular formula is C12H19NO3S. The number of hydrogen-bond donors (Lipinski definition) is 0. The number of hydrogen-bond acceptors (Lipinski definition) is 3. The van der Waals surface area contributed by atoms with E-state index in [-0.39, 0.29) is 11.8 Å². The van der Waals surface area contributed by atoms with Crippen molar-refractivity contribution in [1.29, 1.82) is 0 Å². The average Bonchev–Trinajstić information content (AvgIpc) is 2.16. The number of nitrogens with zero attached hydrogens (tertiary/aromatic N) is 1. The van der Waals surface area contributed by atoms with Crippen molar-refractivity contribution < 1.29 is 17.5 Å². The Morgan fingerprint density at radius 1 is 1.29 bits per heavy atom. The summed E-state index contributed by atoms with van der Waals surface area (Å²) in [6, 6.07) is 3.71. The molecule has 0 spiro atoms. The predicted molar refractivity (Wildman–Crippen MR) is 64.4 cm³/mol. The van der Waals surface area contributed by atoms with Crippen LogP contribution in [-0.4, -0.2) is 13.0 Å². The molecule has 0 bridgehead atoms. The van der Waals surface area contributed by atoms with Gasteiger partial charge in [0, 0.05) is 18.6 Å². The van der Waals surface area contributed by atoms with Crippen molar-refractivity contribution in [3.8, 4) is 0 Å². The molecule has 4 nitrogen and oxygen atoms in total. The lowest BCUT2D eigenvalue weighted by Crippen LogP contribution is -2.43. The lowest BCUT2D eigenvalue weighted by Gasteiger charge is -2.19. The summed E-state index contributed by atoms with van der Waals surface area (Å²) in [7, 11) is -4.30. The topological polar surface area (TPSA) is 61.1 Å². The fraction of sp³-hybridized carbons (Fsp3) is 0.583.